The number of aromatic nitrogens is 2. The highest BCUT2D eigenvalue weighted by atomic mass is 19.1. The Bertz CT molecular complexity index is 616. The Kier molecular flexibility index (Phi) is 2.89. The Labute approximate surface area is 108 Å². The highest BCUT2D eigenvalue weighted by Crippen LogP contribution is 2.28. The molecule has 0 saturated heterocycles. The second-order valence-corrected chi connectivity index (χ2v) is 4.77. The smallest absolute Gasteiger partial charge is 0.135 e. The normalized spacial score (nSPS) is 19.1. The predicted octanol–water partition coefficient (Wildman–Crippen LogP) is 3.12. The molecule has 19 heavy (non-hydrogen) atoms. The topological polar surface area (TPSA) is 34.9 Å². The minimum atomic E-state index is -0.624. The molecule has 5 heteroatoms. The Hall–Kier alpha value is -2.04. The molecule has 1 aliphatic rings. The van der Waals surface area contributed by atoms with Crippen LogP contribution in [0.15, 0.2) is 30.5 Å². The minimum Gasteiger partial charge on any atom is -0.300 e. The van der Waals surface area contributed by atoms with Crippen molar-refractivity contribution in [2.45, 2.75) is 25.3 Å². The fourth-order valence-corrected chi connectivity index (χ4v) is 2.42. The first-order valence-electron chi connectivity index (χ1n) is 6.15. The molecule has 98 valence electrons. The summed E-state index contributed by atoms with van der Waals surface area (Å²) in [5.74, 6) is -1.01. The molecule has 3 rings (SSSR count). The molecule has 0 spiro atoms. The zero-order chi connectivity index (χ0) is 13.4. The number of ketones is 1. The standard InChI is InChI=1S/C14H12F2N2O/c15-10-5-9(6-11(16)7-10)14-3-4-18(17-14)12-1-2-13(19)8-12/h3-7,12H,1-2,8H2. The van der Waals surface area contributed by atoms with Crippen LogP contribution < -0.4 is 0 Å². The van der Waals surface area contributed by atoms with E-state index < -0.39 is 11.6 Å². The second kappa shape index (κ2) is 4.57. The van der Waals surface area contributed by atoms with E-state index in [-0.39, 0.29) is 11.8 Å². The fourth-order valence-electron chi connectivity index (χ4n) is 2.42. The molecule has 1 unspecified atom stereocenters. The number of nitrogens with zero attached hydrogens (tertiary/aromatic N) is 2. The predicted molar refractivity (Wildman–Crippen MR) is 65.5 cm³/mol. The molecule has 2 aromatic rings. The van der Waals surface area contributed by atoms with Crippen molar-refractivity contribution < 1.29 is 13.6 Å². The van der Waals surface area contributed by atoms with Gasteiger partial charge in [-0.25, -0.2) is 8.78 Å². The van der Waals surface area contributed by atoms with E-state index in [1.54, 1.807) is 16.9 Å². The van der Waals surface area contributed by atoms with E-state index in [0.717, 1.165) is 12.5 Å². The molecule has 1 atom stereocenters. The van der Waals surface area contributed by atoms with Crippen molar-refractivity contribution in [2.24, 2.45) is 0 Å². The average molecular weight is 262 g/mol. The SMILES string of the molecule is O=C1CCC(n2ccc(-c3cc(F)cc(F)c3)n2)C1. The van der Waals surface area contributed by atoms with Crippen LogP contribution in [-0.4, -0.2) is 15.6 Å². The molecule has 3 nitrogen and oxygen atoms in total. The Balaban J connectivity index is 1.90. The highest BCUT2D eigenvalue weighted by Gasteiger charge is 2.24. The van der Waals surface area contributed by atoms with Crippen molar-refractivity contribution in [1.29, 1.82) is 0 Å². The van der Waals surface area contributed by atoms with Gasteiger partial charge in [-0.2, -0.15) is 5.10 Å². The lowest BCUT2D eigenvalue weighted by atomic mass is 10.1. The number of carbonyl (C=O) groups excluding carboxylic acids is 1. The Morgan fingerprint density at radius 2 is 1.95 bits per heavy atom. The molecule has 1 saturated carbocycles. The minimum absolute atomic E-state index is 0.0691. The molecule has 0 amide bonds. The van der Waals surface area contributed by atoms with Crippen LogP contribution in [0, 0.1) is 11.6 Å². The van der Waals surface area contributed by atoms with Gasteiger partial charge in [0, 0.05) is 30.7 Å². The van der Waals surface area contributed by atoms with E-state index in [2.05, 4.69) is 5.10 Å². The van der Waals surface area contributed by atoms with Gasteiger partial charge in [-0.1, -0.05) is 0 Å². The molecule has 1 aromatic carbocycles. The number of Topliss-reactive ketones (excluding diaryl/α,β-unsaturated/α-hetero) is 1. The Morgan fingerprint density at radius 3 is 2.58 bits per heavy atom. The van der Waals surface area contributed by atoms with Gasteiger partial charge in [0.05, 0.1) is 11.7 Å². The summed E-state index contributed by atoms with van der Waals surface area (Å²) in [6.07, 6.45) is 3.59. The van der Waals surface area contributed by atoms with Gasteiger partial charge in [0.15, 0.2) is 0 Å². The zero-order valence-corrected chi connectivity index (χ0v) is 10.1. The van der Waals surface area contributed by atoms with Crippen molar-refractivity contribution in [3.05, 3.63) is 42.1 Å². The van der Waals surface area contributed by atoms with Crippen LogP contribution >= 0.6 is 0 Å². The number of halogens is 2. The van der Waals surface area contributed by atoms with Crippen molar-refractivity contribution in [3.63, 3.8) is 0 Å². The van der Waals surface area contributed by atoms with E-state index >= 15 is 0 Å². The molecule has 0 radical (unpaired) electrons. The van der Waals surface area contributed by atoms with E-state index in [9.17, 15) is 13.6 Å². The van der Waals surface area contributed by atoms with Gasteiger partial charge in [0.2, 0.25) is 0 Å². The molecular formula is C14H12F2N2O. The zero-order valence-electron chi connectivity index (χ0n) is 10.1. The van der Waals surface area contributed by atoms with Gasteiger partial charge >= 0.3 is 0 Å². The summed E-state index contributed by atoms with van der Waals surface area (Å²) in [7, 11) is 0. The third kappa shape index (κ3) is 2.41. The van der Waals surface area contributed by atoms with Crippen LogP contribution in [0.3, 0.4) is 0 Å². The van der Waals surface area contributed by atoms with E-state index in [4.69, 9.17) is 0 Å². The van der Waals surface area contributed by atoms with Gasteiger partial charge in [-0.05, 0) is 24.6 Å². The lowest BCUT2D eigenvalue weighted by Gasteiger charge is -2.08. The summed E-state index contributed by atoms with van der Waals surface area (Å²) in [6.45, 7) is 0. The maximum Gasteiger partial charge on any atom is 0.135 e. The largest absolute Gasteiger partial charge is 0.300 e. The van der Waals surface area contributed by atoms with Gasteiger partial charge in [-0.15, -0.1) is 0 Å². The van der Waals surface area contributed by atoms with E-state index in [1.807, 2.05) is 0 Å². The van der Waals surface area contributed by atoms with E-state index in [1.165, 1.54) is 12.1 Å². The summed E-state index contributed by atoms with van der Waals surface area (Å²) in [5.41, 5.74) is 0.915. The van der Waals surface area contributed by atoms with Gasteiger partial charge in [0.1, 0.15) is 17.4 Å². The first kappa shape index (κ1) is 12.0. The maximum atomic E-state index is 13.2. The van der Waals surface area contributed by atoms with Gasteiger partial charge in [0.25, 0.3) is 0 Å². The van der Waals surface area contributed by atoms with Gasteiger partial charge < -0.3 is 0 Å². The molecule has 0 aliphatic heterocycles. The van der Waals surface area contributed by atoms with Crippen LogP contribution in [0.1, 0.15) is 25.3 Å². The maximum absolute atomic E-state index is 13.2. The molecule has 0 N–H and O–H groups in total. The molecule has 1 heterocycles. The van der Waals surface area contributed by atoms with E-state index in [0.29, 0.717) is 24.1 Å². The number of rotatable bonds is 2. The quantitative estimate of drug-likeness (QED) is 0.833. The van der Waals surface area contributed by atoms with Crippen LogP contribution in [0.4, 0.5) is 8.78 Å². The number of hydrogen-bond acceptors (Lipinski definition) is 2. The van der Waals surface area contributed by atoms with Crippen LogP contribution in [0.25, 0.3) is 11.3 Å². The average Bonchev–Trinajstić information content (AvgIpc) is 2.95. The third-order valence-corrected chi connectivity index (χ3v) is 3.36. The first-order chi connectivity index (χ1) is 9.11. The van der Waals surface area contributed by atoms with Crippen molar-refractivity contribution >= 4 is 5.78 Å². The number of carbonyl (C=O) groups is 1. The summed E-state index contributed by atoms with van der Waals surface area (Å²) >= 11 is 0. The molecular weight excluding hydrogens is 250 g/mol. The highest BCUT2D eigenvalue weighted by molar-refractivity contribution is 5.80. The number of hydrogen-bond donors (Lipinski definition) is 0. The first-order valence-corrected chi connectivity index (χ1v) is 6.15. The second-order valence-electron chi connectivity index (χ2n) is 4.77. The van der Waals surface area contributed by atoms with Gasteiger partial charge in [-0.3, -0.25) is 9.48 Å². The molecule has 1 aliphatic carbocycles. The van der Waals surface area contributed by atoms with Crippen molar-refractivity contribution in [3.8, 4) is 11.3 Å². The lowest BCUT2D eigenvalue weighted by molar-refractivity contribution is -0.117. The van der Waals surface area contributed by atoms with Crippen LogP contribution in [-0.2, 0) is 4.79 Å². The summed E-state index contributed by atoms with van der Waals surface area (Å²) < 4.78 is 28.0. The Morgan fingerprint density at radius 1 is 1.21 bits per heavy atom. The lowest BCUT2D eigenvalue weighted by Crippen LogP contribution is -2.06. The number of benzene rings is 1. The van der Waals surface area contributed by atoms with Crippen molar-refractivity contribution in [2.75, 3.05) is 0 Å². The molecule has 1 fully saturated rings. The third-order valence-electron chi connectivity index (χ3n) is 3.36. The molecule has 0 bridgehead atoms. The summed E-state index contributed by atoms with van der Waals surface area (Å²) in [5, 5.41) is 4.31. The van der Waals surface area contributed by atoms with Crippen LogP contribution in [0.2, 0.25) is 0 Å². The van der Waals surface area contributed by atoms with Crippen LogP contribution in [0.5, 0.6) is 0 Å². The van der Waals surface area contributed by atoms with Crippen molar-refractivity contribution in [1.82, 2.24) is 9.78 Å². The monoisotopic (exact) mass is 262 g/mol. The summed E-state index contributed by atoms with van der Waals surface area (Å²) in [6, 6.07) is 5.10. The molecule has 1 aromatic heterocycles. The summed E-state index contributed by atoms with van der Waals surface area (Å²) in [4.78, 5) is 11.3. The fraction of sp³-hybridized carbons (Fsp3) is 0.286.